The maximum atomic E-state index is 8.20. The highest BCUT2D eigenvalue weighted by Crippen LogP contribution is 2.54. The summed E-state index contributed by atoms with van der Waals surface area (Å²) in [7, 11) is -0.337. The smallest absolute Gasteiger partial charge is 0.0986 e. The van der Waals surface area contributed by atoms with Crippen LogP contribution in [-0.4, -0.2) is 25.7 Å². The van der Waals surface area contributed by atoms with Gasteiger partial charge in [-0.05, 0) is 31.4 Å². The molecule has 2 nitrogen and oxygen atoms in total. The van der Waals surface area contributed by atoms with Crippen molar-refractivity contribution < 1.29 is 0 Å². The molecule has 0 radical (unpaired) electrons. The third kappa shape index (κ3) is 13.2. The lowest BCUT2D eigenvalue weighted by molar-refractivity contribution is 0.748. The Hall–Kier alpha value is -1.06. The molecule has 0 aromatic carbocycles. The molecule has 1 heterocycles. The van der Waals surface area contributed by atoms with Crippen molar-refractivity contribution in [3.05, 3.63) is 36.6 Å². The van der Waals surface area contributed by atoms with Crippen LogP contribution in [0.15, 0.2) is 36.6 Å². The monoisotopic (exact) mass is 281 g/mol. The minimum absolute atomic E-state index is 0.337. The zero-order chi connectivity index (χ0) is 15.3. The summed E-state index contributed by atoms with van der Waals surface area (Å²) in [6.45, 7) is 15.8. The number of allylic oxidation sites excluding steroid dienone is 3. The van der Waals surface area contributed by atoms with Gasteiger partial charge in [0, 0.05) is 31.9 Å². The van der Waals surface area contributed by atoms with Crippen molar-refractivity contribution >= 4 is 7.26 Å². The van der Waals surface area contributed by atoms with Gasteiger partial charge in [-0.1, -0.05) is 27.0 Å². The van der Waals surface area contributed by atoms with Gasteiger partial charge >= 0.3 is 0 Å². The van der Waals surface area contributed by atoms with Crippen molar-refractivity contribution in [1.29, 1.82) is 5.26 Å². The maximum absolute atomic E-state index is 8.20. The van der Waals surface area contributed by atoms with Crippen LogP contribution in [0.1, 0.15) is 33.1 Å². The first-order valence-corrected chi connectivity index (χ1v) is 9.97. The molecule has 0 aliphatic carbocycles. The highest BCUT2D eigenvalue weighted by Gasteiger charge is 2.26. The fourth-order valence-corrected chi connectivity index (χ4v) is 4.04. The fourth-order valence-electron chi connectivity index (χ4n) is 1.66. The first kappa shape index (κ1) is 20.3. The Bertz CT molecular complexity index is 327. The van der Waals surface area contributed by atoms with E-state index in [2.05, 4.69) is 26.5 Å². The van der Waals surface area contributed by atoms with E-state index in [0.717, 1.165) is 0 Å². The molecule has 0 spiro atoms. The van der Waals surface area contributed by atoms with Gasteiger partial charge in [0.25, 0.3) is 0 Å². The summed E-state index contributed by atoms with van der Waals surface area (Å²) in [6.07, 6.45) is 10.6. The largest absolute Gasteiger partial charge is 0.399 e. The van der Waals surface area contributed by atoms with Gasteiger partial charge < -0.3 is 5.73 Å². The third-order valence-electron chi connectivity index (χ3n) is 2.75. The molecule has 0 unspecified atom stereocenters. The molecule has 1 aliphatic rings. The van der Waals surface area contributed by atoms with Gasteiger partial charge in [-0.25, -0.2) is 0 Å². The first-order valence-electron chi connectivity index (χ1n) is 6.92. The van der Waals surface area contributed by atoms with Crippen LogP contribution in [0.4, 0.5) is 0 Å². The van der Waals surface area contributed by atoms with E-state index in [1.165, 1.54) is 31.4 Å². The highest BCUT2D eigenvalue weighted by molar-refractivity contribution is 7.74. The molecule has 0 atom stereocenters. The Morgan fingerprint density at radius 1 is 1.21 bits per heavy atom. The molecular weight excluding hydrogens is 251 g/mol. The van der Waals surface area contributed by atoms with Gasteiger partial charge in [0.05, 0.1) is 18.4 Å². The topological polar surface area (TPSA) is 49.8 Å². The lowest BCUT2D eigenvalue weighted by atomic mass is 10.3. The zero-order valence-electron chi connectivity index (χ0n) is 13.1. The van der Waals surface area contributed by atoms with Crippen molar-refractivity contribution in [2.24, 2.45) is 5.73 Å². The summed E-state index contributed by atoms with van der Waals surface area (Å²) in [5.41, 5.74) is 6.08. The Labute approximate surface area is 120 Å². The fraction of sp³-hybridized carbons (Fsp3) is 0.562. The Balaban J connectivity index is 0. The van der Waals surface area contributed by atoms with Crippen molar-refractivity contribution in [3.63, 3.8) is 0 Å². The average Bonchev–Trinajstić information content (AvgIpc) is 2.41. The van der Waals surface area contributed by atoms with Crippen LogP contribution in [0.3, 0.4) is 0 Å². The van der Waals surface area contributed by atoms with Crippen LogP contribution >= 0.6 is 7.26 Å². The molecule has 0 bridgehead atoms. The summed E-state index contributed by atoms with van der Waals surface area (Å²) in [4.78, 5) is 0. The summed E-state index contributed by atoms with van der Waals surface area (Å²) in [5.74, 6) is 0. The number of hydrogen-bond acceptors (Lipinski definition) is 2. The van der Waals surface area contributed by atoms with E-state index in [1.54, 1.807) is 12.3 Å². The summed E-state index contributed by atoms with van der Waals surface area (Å²) in [6, 6.07) is 1.83. The SMILES string of the molecule is C=C/C(N)=C\C(=C)C#N.CC.C[P+]1(C)CCCCC1. The first-order chi connectivity index (χ1) is 8.91. The van der Waals surface area contributed by atoms with E-state index in [1.807, 2.05) is 19.9 Å². The molecule has 1 rings (SSSR count). The van der Waals surface area contributed by atoms with Gasteiger partial charge in [-0.15, -0.1) is 0 Å². The van der Waals surface area contributed by atoms with Gasteiger partial charge in [0.15, 0.2) is 0 Å². The Morgan fingerprint density at radius 2 is 1.68 bits per heavy atom. The summed E-state index contributed by atoms with van der Waals surface area (Å²) in [5, 5.41) is 8.20. The normalized spacial score (nSPS) is 16.7. The van der Waals surface area contributed by atoms with Crippen molar-refractivity contribution in [2.45, 2.75) is 33.1 Å². The van der Waals surface area contributed by atoms with Crippen LogP contribution in [0.5, 0.6) is 0 Å². The number of nitrogens with zero attached hydrogens (tertiary/aromatic N) is 1. The van der Waals surface area contributed by atoms with Crippen LogP contribution in [0, 0.1) is 11.3 Å². The van der Waals surface area contributed by atoms with Gasteiger partial charge in [-0.3, -0.25) is 0 Å². The molecule has 0 aromatic rings. The molecule has 0 amide bonds. The van der Waals surface area contributed by atoms with Crippen LogP contribution in [0.25, 0.3) is 0 Å². The number of nitrogens with two attached hydrogens (primary N) is 1. The number of hydrogen-bond donors (Lipinski definition) is 1. The quantitative estimate of drug-likeness (QED) is 0.458. The second-order valence-corrected chi connectivity index (χ2v) is 9.69. The molecule has 1 aliphatic heterocycles. The van der Waals surface area contributed by atoms with E-state index in [9.17, 15) is 0 Å². The average molecular weight is 281 g/mol. The molecule has 1 saturated heterocycles. The lowest BCUT2D eigenvalue weighted by Crippen LogP contribution is -2.06. The van der Waals surface area contributed by atoms with Crippen LogP contribution < -0.4 is 5.73 Å². The number of nitriles is 1. The molecule has 108 valence electrons. The van der Waals surface area contributed by atoms with Crippen molar-refractivity contribution in [3.8, 4) is 6.07 Å². The predicted molar refractivity (Wildman–Crippen MR) is 90.9 cm³/mol. The van der Waals surface area contributed by atoms with Crippen LogP contribution in [-0.2, 0) is 0 Å². The third-order valence-corrected chi connectivity index (χ3v) is 5.80. The molecule has 3 heteroatoms. The highest BCUT2D eigenvalue weighted by atomic mass is 31.2. The van der Waals surface area contributed by atoms with E-state index in [4.69, 9.17) is 11.0 Å². The molecular formula is C16H30N2P+. The second kappa shape index (κ2) is 12.0. The maximum Gasteiger partial charge on any atom is 0.0986 e. The molecule has 1 fully saturated rings. The van der Waals surface area contributed by atoms with Crippen LogP contribution in [0.2, 0.25) is 0 Å². The minimum Gasteiger partial charge on any atom is -0.399 e. The molecule has 0 aromatic heterocycles. The standard InChI is InChI=1S/C7H8N2.C7H16P.C2H6/c1-3-7(9)4-6(2)5-8;1-8(2)6-4-3-5-7-8;1-2/h3-4H,1-2,9H2;3-7H2,1-2H3;1-2H3/q;+1;/b7-4+;;. The van der Waals surface area contributed by atoms with Crippen molar-refractivity contribution in [2.75, 3.05) is 25.7 Å². The lowest BCUT2D eigenvalue weighted by Gasteiger charge is -2.21. The van der Waals surface area contributed by atoms with E-state index >= 15 is 0 Å². The van der Waals surface area contributed by atoms with Gasteiger partial charge in [0.2, 0.25) is 0 Å². The summed E-state index contributed by atoms with van der Waals surface area (Å²) < 4.78 is 0. The van der Waals surface area contributed by atoms with E-state index in [-0.39, 0.29) is 7.26 Å². The van der Waals surface area contributed by atoms with Gasteiger partial charge in [-0.2, -0.15) is 5.26 Å². The molecule has 2 N–H and O–H groups in total. The van der Waals surface area contributed by atoms with Crippen molar-refractivity contribution in [1.82, 2.24) is 0 Å². The Kier molecular flexibility index (Phi) is 12.8. The van der Waals surface area contributed by atoms with E-state index < -0.39 is 0 Å². The summed E-state index contributed by atoms with van der Waals surface area (Å²) >= 11 is 0. The number of rotatable bonds is 2. The van der Waals surface area contributed by atoms with E-state index in [0.29, 0.717) is 11.3 Å². The molecule has 19 heavy (non-hydrogen) atoms. The minimum atomic E-state index is -0.337. The van der Waals surface area contributed by atoms with Gasteiger partial charge in [0.1, 0.15) is 0 Å². The zero-order valence-corrected chi connectivity index (χ0v) is 14.0. The molecule has 0 saturated carbocycles. The second-order valence-electron chi connectivity index (χ2n) is 4.93. The predicted octanol–water partition coefficient (Wildman–Crippen LogP) is 4.57. The Morgan fingerprint density at radius 3 is 1.95 bits per heavy atom.